The second kappa shape index (κ2) is 5.67. The lowest BCUT2D eigenvalue weighted by Crippen LogP contribution is -2.58. The lowest BCUT2D eigenvalue weighted by atomic mass is 9.84. The van der Waals surface area contributed by atoms with Crippen LogP contribution in [0.1, 0.15) is 18.9 Å². The van der Waals surface area contributed by atoms with Gasteiger partial charge < -0.3 is 10.4 Å². The molecule has 0 aromatic heterocycles. The van der Waals surface area contributed by atoms with Crippen molar-refractivity contribution in [2.75, 3.05) is 26.2 Å². The van der Waals surface area contributed by atoms with E-state index in [1.807, 2.05) is 11.8 Å². The first-order valence-electron chi connectivity index (χ1n) is 6.56. The molecule has 1 heterocycles. The second-order valence-electron chi connectivity index (χ2n) is 4.76. The van der Waals surface area contributed by atoms with Gasteiger partial charge >= 0.3 is 5.97 Å². The zero-order valence-electron chi connectivity index (χ0n) is 11.0. The number of piperazine rings is 1. The zero-order valence-corrected chi connectivity index (χ0v) is 11.0. The maximum atomic E-state index is 13.1. The largest absolute Gasteiger partial charge is 0.480 e. The SMILES string of the molecule is CCC(C(=O)O)(c1ccc(F)cc1)N1CCNCC1. The van der Waals surface area contributed by atoms with Crippen molar-refractivity contribution in [1.82, 2.24) is 10.2 Å². The minimum Gasteiger partial charge on any atom is -0.480 e. The Morgan fingerprint density at radius 3 is 2.42 bits per heavy atom. The molecule has 2 N–H and O–H groups in total. The van der Waals surface area contributed by atoms with Crippen LogP contribution in [0, 0.1) is 5.82 Å². The van der Waals surface area contributed by atoms with Crippen LogP contribution < -0.4 is 5.32 Å². The Morgan fingerprint density at radius 2 is 1.95 bits per heavy atom. The average Bonchev–Trinajstić information content (AvgIpc) is 2.43. The highest BCUT2D eigenvalue weighted by molar-refractivity contribution is 5.80. The van der Waals surface area contributed by atoms with Crippen molar-refractivity contribution in [2.24, 2.45) is 0 Å². The molecule has 104 valence electrons. The summed E-state index contributed by atoms with van der Waals surface area (Å²) in [5.74, 6) is -1.22. The smallest absolute Gasteiger partial charge is 0.328 e. The number of aliphatic carboxylic acids is 1. The molecule has 0 amide bonds. The maximum Gasteiger partial charge on any atom is 0.328 e. The first kappa shape index (κ1) is 14.0. The molecule has 1 atom stereocenters. The monoisotopic (exact) mass is 266 g/mol. The number of benzene rings is 1. The van der Waals surface area contributed by atoms with Crippen LogP contribution in [0.15, 0.2) is 24.3 Å². The first-order chi connectivity index (χ1) is 9.11. The standard InChI is InChI=1S/C14H19FN2O2/c1-2-14(13(18)19,17-9-7-16-8-10-17)11-3-5-12(15)6-4-11/h3-6,16H,2,7-10H2,1H3,(H,18,19). The summed E-state index contributed by atoms with van der Waals surface area (Å²) in [6.45, 7) is 4.76. The average molecular weight is 266 g/mol. The third-order valence-corrected chi connectivity index (χ3v) is 3.84. The number of rotatable bonds is 4. The first-order valence-corrected chi connectivity index (χ1v) is 6.56. The van der Waals surface area contributed by atoms with E-state index < -0.39 is 11.5 Å². The van der Waals surface area contributed by atoms with Crippen LogP contribution >= 0.6 is 0 Å². The fourth-order valence-electron chi connectivity index (χ4n) is 2.79. The molecule has 0 radical (unpaired) electrons. The summed E-state index contributed by atoms with van der Waals surface area (Å²) in [7, 11) is 0. The van der Waals surface area contributed by atoms with Gasteiger partial charge in [0.15, 0.2) is 0 Å². The van der Waals surface area contributed by atoms with E-state index in [-0.39, 0.29) is 5.82 Å². The van der Waals surface area contributed by atoms with Gasteiger partial charge in [0.1, 0.15) is 11.4 Å². The summed E-state index contributed by atoms with van der Waals surface area (Å²) in [5.41, 5.74) is -0.415. The van der Waals surface area contributed by atoms with Gasteiger partial charge in [0.05, 0.1) is 0 Å². The highest BCUT2D eigenvalue weighted by Crippen LogP contribution is 2.33. The summed E-state index contributed by atoms with van der Waals surface area (Å²) in [6, 6.07) is 5.81. The molecule has 5 heteroatoms. The van der Waals surface area contributed by atoms with E-state index in [1.54, 1.807) is 12.1 Å². The van der Waals surface area contributed by atoms with Crippen molar-refractivity contribution in [3.8, 4) is 0 Å². The number of nitrogens with one attached hydrogen (secondary N) is 1. The highest BCUT2D eigenvalue weighted by atomic mass is 19.1. The molecule has 1 aromatic rings. The van der Waals surface area contributed by atoms with E-state index in [2.05, 4.69) is 5.32 Å². The van der Waals surface area contributed by atoms with Gasteiger partial charge in [-0.1, -0.05) is 19.1 Å². The minimum atomic E-state index is -1.06. The minimum absolute atomic E-state index is 0.348. The van der Waals surface area contributed by atoms with Crippen molar-refractivity contribution in [3.63, 3.8) is 0 Å². The second-order valence-corrected chi connectivity index (χ2v) is 4.76. The molecule has 0 saturated carbocycles. The van der Waals surface area contributed by atoms with Crippen LogP contribution in [0.4, 0.5) is 4.39 Å². The van der Waals surface area contributed by atoms with E-state index in [1.165, 1.54) is 12.1 Å². The van der Waals surface area contributed by atoms with Gasteiger partial charge in [-0.25, -0.2) is 9.18 Å². The van der Waals surface area contributed by atoms with Gasteiger partial charge in [-0.3, -0.25) is 4.90 Å². The molecule has 2 rings (SSSR count). The number of carboxylic acids is 1. The van der Waals surface area contributed by atoms with Gasteiger partial charge in [-0.05, 0) is 24.1 Å². The molecule has 19 heavy (non-hydrogen) atoms. The molecule has 1 unspecified atom stereocenters. The molecule has 0 spiro atoms. The Kier molecular flexibility index (Phi) is 4.17. The van der Waals surface area contributed by atoms with Gasteiger partial charge in [0, 0.05) is 26.2 Å². The Bertz CT molecular complexity index is 443. The van der Waals surface area contributed by atoms with Crippen molar-refractivity contribution >= 4 is 5.97 Å². The lowest BCUT2D eigenvalue weighted by molar-refractivity contribution is -0.153. The van der Waals surface area contributed by atoms with Gasteiger partial charge in [0.2, 0.25) is 0 Å². The van der Waals surface area contributed by atoms with Gasteiger partial charge in [-0.15, -0.1) is 0 Å². The Balaban J connectivity index is 2.43. The number of carbonyl (C=O) groups is 1. The van der Waals surface area contributed by atoms with E-state index in [9.17, 15) is 14.3 Å². The molecule has 0 aliphatic carbocycles. The summed E-state index contributed by atoms with van der Waals surface area (Å²) < 4.78 is 13.1. The molecular formula is C14H19FN2O2. The highest BCUT2D eigenvalue weighted by Gasteiger charge is 2.44. The van der Waals surface area contributed by atoms with Crippen LogP contribution in [0.25, 0.3) is 0 Å². The molecular weight excluding hydrogens is 247 g/mol. The Morgan fingerprint density at radius 1 is 1.37 bits per heavy atom. The topological polar surface area (TPSA) is 52.6 Å². The molecule has 0 bridgehead atoms. The summed E-state index contributed by atoms with van der Waals surface area (Å²) in [4.78, 5) is 13.9. The molecule has 4 nitrogen and oxygen atoms in total. The van der Waals surface area contributed by atoms with Crippen LogP contribution in [0.2, 0.25) is 0 Å². The third kappa shape index (κ3) is 2.48. The van der Waals surface area contributed by atoms with Crippen molar-refractivity contribution in [1.29, 1.82) is 0 Å². The van der Waals surface area contributed by atoms with Gasteiger partial charge in [0.25, 0.3) is 0 Å². The lowest BCUT2D eigenvalue weighted by Gasteiger charge is -2.42. The van der Waals surface area contributed by atoms with Gasteiger partial charge in [-0.2, -0.15) is 0 Å². The van der Waals surface area contributed by atoms with Crippen molar-refractivity contribution in [2.45, 2.75) is 18.9 Å². The molecule has 1 fully saturated rings. The quantitative estimate of drug-likeness (QED) is 0.865. The van der Waals surface area contributed by atoms with E-state index in [0.717, 1.165) is 13.1 Å². The van der Waals surface area contributed by atoms with Crippen LogP contribution in [-0.4, -0.2) is 42.2 Å². The number of halogens is 1. The predicted octanol–water partition coefficient (Wildman–Crippen LogP) is 1.42. The number of hydrogen-bond donors (Lipinski definition) is 2. The third-order valence-electron chi connectivity index (χ3n) is 3.84. The fourth-order valence-corrected chi connectivity index (χ4v) is 2.79. The number of nitrogens with zero attached hydrogens (tertiary/aromatic N) is 1. The molecule has 1 aliphatic heterocycles. The summed E-state index contributed by atoms with van der Waals surface area (Å²) in [5, 5.41) is 13.0. The molecule has 1 aliphatic rings. The van der Waals surface area contributed by atoms with E-state index in [4.69, 9.17) is 0 Å². The fraction of sp³-hybridized carbons (Fsp3) is 0.500. The number of carboxylic acid groups (broad SMARTS) is 1. The molecule has 1 saturated heterocycles. The van der Waals surface area contributed by atoms with E-state index >= 15 is 0 Å². The van der Waals surface area contributed by atoms with Crippen LogP contribution in [0.3, 0.4) is 0 Å². The Labute approximate surface area is 112 Å². The Hall–Kier alpha value is -1.46. The number of hydrogen-bond acceptors (Lipinski definition) is 3. The zero-order chi connectivity index (χ0) is 13.9. The van der Waals surface area contributed by atoms with Crippen LogP contribution in [-0.2, 0) is 10.3 Å². The normalized spacial score (nSPS) is 19.9. The predicted molar refractivity (Wildman–Crippen MR) is 70.4 cm³/mol. The molecule has 1 aromatic carbocycles. The maximum absolute atomic E-state index is 13.1. The van der Waals surface area contributed by atoms with Crippen molar-refractivity contribution in [3.05, 3.63) is 35.6 Å². The summed E-state index contributed by atoms with van der Waals surface area (Å²) >= 11 is 0. The van der Waals surface area contributed by atoms with E-state index in [0.29, 0.717) is 25.1 Å². The van der Waals surface area contributed by atoms with Crippen molar-refractivity contribution < 1.29 is 14.3 Å². The summed E-state index contributed by atoms with van der Waals surface area (Å²) in [6.07, 6.45) is 0.452. The van der Waals surface area contributed by atoms with Crippen LogP contribution in [0.5, 0.6) is 0 Å².